The Morgan fingerprint density at radius 1 is 1.00 bits per heavy atom. The van der Waals surface area contributed by atoms with Gasteiger partial charge in [0.05, 0.1) is 5.75 Å². The highest BCUT2D eigenvalue weighted by Crippen LogP contribution is 2.20. The maximum absolute atomic E-state index is 13.1. The molecule has 0 aliphatic carbocycles. The van der Waals surface area contributed by atoms with E-state index in [2.05, 4.69) is 4.90 Å². The lowest BCUT2D eigenvalue weighted by Gasteiger charge is -2.35. The minimum Gasteiger partial charge on any atom is -0.455 e. The molecular formula is C23H22ClFN2O3S. The first-order valence-electron chi connectivity index (χ1n) is 9.96. The zero-order valence-corrected chi connectivity index (χ0v) is 18.4. The van der Waals surface area contributed by atoms with Crippen molar-refractivity contribution in [2.75, 3.05) is 31.1 Å². The Kier molecular flexibility index (Phi) is 6.73. The number of amides is 1. The van der Waals surface area contributed by atoms with Crippen LogP contribution in [0.5, 0.6) is 0 Å². The van der Waals surface area contributed by atoms with Crippen LogP contribution in [0, 0.1) is 5.82 Å². The second kappa shape index (κ2) is 9.66. The third kappa shape index (κ3) is 5.54. The molecule has 8 heteroatoms. The second-order valence-corrected chi connectivity index (χ2v) is 9.27. The van der Waals surface area contributed by atoms with Gasteiger partial charge in [-0.1, -0.05) is 23.7 Å². The van der Waals surface area contributed by atoms with Crippen molar-refractivity contribution < 1.29 is 17.8 Å². The highest BCUT2D eigenvalue weighted by atomic mass is 35.5. The summed E-state index contributed by atoms with van der Waals surface area (Å²) >= 11 is 5.97. The molecule has 4 rings (SSSR count). The number of furan rings is 1. The summed E-state index contributed by atoms with van der Waals surface area (Å²) in [4.78, 5) is 16.7. The van der Waals surface area contributed by atoms with Gasteiger partial charge in [0.1, 0.15) is 11.6 Å². The zero-order valence-electron chi connectivity index (χ0n) is 16.8. The first-order chi connectivity index (χ1) is 15.0. The van der Waals surface area contributed by atoms with Gasteiger partial charge in [-0.25, -0.2) is 4.39 Å². The number of rotatable bonds is 6. The van der Waals surface area contributed by atoms with E-state index in [4.69, 9.17) is 16.0 Å². The molecule has 1 saturated heterocycles. The van der Waals surface area contributed by atoms with E-state index in [0.29, 0.717) is 42.7 Å². The molecule has 1 aliphatic heterocycles. The molecule has 1 fully saturated rings. The fraction of sp³-hybridized carbons (Fsp3) is 0.261. The summed E-state index contributed by atoms with van der Waals surface area (Å²) in [5.74, 6) is 0.942. The van der Waals surface area contributed by atoms with Crippen molar-refractivity contribution in [2.45, 2.75) is 11.5 Å². The van der Waals surface area contributed by atoms with Crippen LogP contribution >= 0.6 is 11.6 Å². The Hall–Kier alpha value is -2.64. The first-order valence-corrected chi connectivity index (χ1v) is 11.8. The number of halogens is 2. The van der Waals surface area contributed by atoms with Gasteiger partial charge in [-0.3, -0.25) is 9.00 Å². The molecule has 0 bridgehead atoms. The summed E-state index contributed by atoms with van der Waals surface area (Å²) in [6.45, 7) is 2.42. The zero-order chi connectivity index (χ0) is 21.8. The SMILES string of the molecule is O=C(c1ccc(CS(=O)Cc2cccc(Cl)c2)o1)N1CCN(c2ccc(F)cc2)CC1. The number of hydrogen-bond donors (Lipinski definition) is 0. The van der Waals surface area contributed by atoms with Crippen LogP contribution < -0.4 is 4.90 Å². The van der Waals surface area contributed by atoms with E-state index in [-0.39, 0.29) is 23.2 Å². The molecule has 5 nitrogen and oxygen atoms in total. The van der Waals surface area contributed by atoms with Crippen LogP contribution in [-0.2, 0) is 22.3 Å². The molecule has 162 valence electrons. The van der Waals surface area contributed by atoms with Crippen LogP contribution in [0.25, 0.3) is 0 Å². The van der Waals surface area contributed by atoms with Gasteiger partial charge >= 0.3 is 0 Å². The maximum atomic E-state index is 13.1. The van der Waals surface area contributed by atoms with E-state index in [9.17, 15) is 13.4 Å². The molecule has 0 spiro atoms. The van der Waals surface area contributed by atoms with Crippen LogP contribution in [0.15, 0.2) is 65.1 Å². The summed E-state index contributed by atoms with van der Waals surface area (Å²) in [5, 5.41) is 0.611. The molecule has 1 aromatic heterocycles. The minimum absolute atomic E-state index is 0.175. The summed E-state index contributed by atoms with van der Waals surface area (Å²) in [5.41, 5.74) is 1.84. The Balaban J connectivity index is 1.31. The van der Waals surface area contributed by atoms with E-state index in [1.807, 2.05) is 12.1 Å². The van der Waals surface area contributed by atoms with E-state index < -0.39 is 10.8 Å². The molecule has 0 N–H and O–H groups in total. The fourth-order valence-electron chi connectivity index (χ4n) is 3.57. The highest BCUT2D eigenvalue weighted by molar-refractivity contribution is 7.83. The van der Waals surface area contributed by atoms with Gasteiger partial charge in [0.25, 0.3) is 5.91 Å². The van der Waals surface area contributed by atoms with E-state index >= 15 is 0 Å². The molecule has 0 radical (unpaired) electrons. The number of hydrogen-bond acceptors (Lipinski definition) is 4. The molecule has 3 aromatic rings. The molecule has 1 amide bonds. The van der Waals surface area contributed by atoms with Crippen molar-refractivity contribution in [3.05, 3.63) is 88.6 Å². The summed E-state index contributed by atoms with van der Waals surface area (Å²) in [6, 6.07) is 17.0. The van der Waals surface area contributed by atoms with Crippen molar-refractivity contribution in [1.29, 1.82) is 0 Å². The van der Waals surface area contributed by atoms with Gasteiger partial charge in [-0.05, 0) is 54.1 Å². The predicted octanol–water partition coefficient (Wildman–Crippen LogP) is 4.48. The van der Waals surface area contributed by atoms with Gasteiger partial charge in [-0.15, -0.1) is 0 Å². The largest absolute Gasteiger partial charge is 0.455 e. The standard InChI is InChI=1S/C23H22ClFN2O3S/c24-18-3-1-2-17(14-18)15-31(29)16-21-8-9-22(30-21)23(28)27-12-10-26(11-13-27)20-6-4-19(25)5-7-20/h1-9,14H,10-13,15-16H2. The topological polar surface area (TPSA) is 53.8 Å². The van der Waals surface area contributed by atoms with Gasteiger partial charge in [-0.2, -0.15) is 0 Å². The van der Waals surface area contributed by atoms with E-state index in [1.54, 1.807) is 41.3 Å². The van der Waals surface area contributed by atoms with E-state index in [0.717, 1.165) is 11.3 Å². The Morgan fingerprint density at radius 2 is 1.74 bits per heavy atom. The number of carbonyl (C=O) groups excluding carboxylic acids is 1. The number of benzene rings is 2. The third-order valence-corrected chi connectivity index (χ3v) is 6.65. The normalized spacial score (nSPS) is 15.2. The Bertz CT molecular complexity index is 1080. The molecule has 1 atom stereocenters. The molecule has 1 unspecified atom stereocenters. The monoisotopic (exact) mass is 460 g/mol. The van der Waals surface area contributed by atoms with Gasteiger partial charge < -0.3 is 14.2 Å². The number of piperazine rings is 1. The number of anilines is 1. The smallest absolute Gasteiger partial charge is 0.289 e. The van der Waals surface area contributed by atoms with Crippen molar-refractivity contribution >= 4 is 34.0 Å². The maximum Gasteiger partial charge on any atom is 0.289 e. The van der Waals surface area contributed by atoms with Gasteiger partial charge in [0.15, 0.2) is 5.76 Å². The lowest BCUT2D eigenvalue weighted by Crippen LogP contribution is -2.48. The first kappa shape index (κ1) is 21.6. The highest BCUT2D eigenvalue weighted by Gasteiger charge is 2.24. The molecule has 1 aliphatic rings. The van der Waals surface area contributed by atoms with Crippen molar-refractivity contribution in [2.24, 2.45) is 0 Å². The lowest BCUT2D eigenvalue weighted by molar-refractivity contribution is 0.0713. The Morgan fingerprint density at radius 3 is 2.45 bits per heavy atom. The van der Waals surface area contributed by atoms with Crippen LogP contribution in [-0.4, -0.2) is 41.2 Å². The van der Waals surface area contributed by atoms with Crippen LogP contribution in [0.4, 0.5) is 10.1 Å². The molecule has 2 aromatic carbocycles. The van der Waals surface area contributed by atoms with Crippen molar-refractivity contribution in [3.63, 3.8) is 0 Å². The molecule has 2 heterocycles. The van der Waals surface area contributed by atoms with Crippen LogP contribution in [0.3, 0.4) is 0 Å². The van der Waals surface area contributed by atoms with E-state index in [1.165, 1.54) is 12.1 Å². The fourth-order valence-corrected chi connectivity index (χ4v) is 4.91. The summed E-state index contributed by atoms with van der Waals surface area (Å²) < 4.78 is 31.2. The average molecular weight is 461 g/mol. The molecule has 31 heavy (non-hydrogen) atoms. The average Bonchev–Trinajstić information content (AvgIpc) is 3.22. The van der Waals surface area contributed by atoms with Crippen molar-refractivity contribution in [1.82, 2.24) is 4.90 Å². The van der Waals surface area contributed by atoms with Crippen molar-refractivity contribution in [3.8, 4) is 0 Å². The minimum atomic E-state index is -1.17. The Labute approximate surface area is 187 Å². The number of carbonyl (C=O) groups is 1. The quantitative estimate of drug-likeness (QED) is 0.544. The third-order valence-electron chi connectivity index (χ3n) is 5.15. The van der Waals surface area contributed by atoms with Crippen LogP contribution in [0.1, 0.15) is 21.9 Å². The predicted molar refractivity (Wildman–Crippen MR) is 120 cm³/mol. The second-order valence-electron chi connectivity index (χ2n) is 7.38. The molecular weight excluding hydrogens is 439 g/mol. The van der Waals surface area contributed by atoms with Gasteiger partial charge in [0.2, 0.25) is 0 Å². The lowest BCUT2D eigenvalue weighted by atomic mass is 10.2. The molecule has 0 saturated carbocycles. The summed E-state index contributed by atoms with van der Waals surface area (Å²) in [7, 11) is -1.17. The van der Waals surface area contributed by atoms with Gasteiger partial charge in [0, 0.05) is 53.4 Å². The van der Waals surface area contributed by atoms with Crippen LogP contribution in [0.2, 0.25) is 5.02 Å². The number of nitrogens with zero attached hydrogens (tertiary/aromatic N) is 2. The summed E-state index contributed by atoms with van der Waals surface area (Å²) in [6.07, 6.45) is 0.